The van der Waals surface area contributed by atoms with Crippen molar-refractivity contribution in [1.82, 2.24) is 0 Å². The zero-order chi connectivity index (χ0) is 55.1. The molecule has 1 aliphatic rings. The van der Waals surface area contributed by atoms with E-state index >= 15 is 0 Å². The second kappa shape index (κ2) is 26.2. The van der Waals surface area contributed by atoms with Crippen LogP contribution in [0, 0.1) is 27.7 Å². The van der Waals surface area contributed by atoms with E-state index in [9.17, 15) is 0 Å². The maximum absolute atomic E-state index is 2.37. The van der Waals surface area contributed by atoms with E-state index in [1.165, 1.54) is 124 Å². The third kappa shape index (κ3) is 12.7. The molecule has 392 valence electrons. The highest BCUT2D eigenvalue weighted by atomic mass is 14.5. The van der Waals surface area contributed by atoms with Crippen molar-refractivity contribution in [3.63, 3.8) is 0 Å². The van der Waals surface area contributed by atoms with Crippen LogP contribution in [0.15, 0.2) is 279 Å². The number of fused-ring (bicyclic) bond motifs is 3. The Hall–Kier alpha value is -8.58. The van der Waals surface area contributed by atoms with Gasteiger partial charge in [0.25, 0.3) is 0 Å². The van der Waals surface area contributed by atoms with Crippen molar-refractivity contribution in [2.24, 2.45) is 0 Å². The summed E-state index contributed by atoms with van der Waals surface area (Å²) in [6.45, 7) is 17.7. The highest BCUT2D eigenvalue weighted by molar-refractivity contribution is 5.86. The molecule has 0 N–H and O–H groups in total. The van der Waals surface area contributed by atoms with E-state index in [0.29, 0.717) is 11.8 Å². The molecule has 0 aromatic heterocycles. The summed E-state index contributed by atoms with van der Waals surface area (Å²) >= 11 is 0. The maximum Gasteiger partial charge on any atom is 0.0713 e. The van der Waals surface area contributed by atoms with Crippen LogP contribution in [0.1, 0.15) is 108 Å². The Bertz CT molecular complexity index is 3620. The molecule has 0 fully saturated rings. The summed E-state index contributed by atoms with van der Waals surface area (Å²) in [5.41, 5.74) is 26.2. The lowest BCUT2D eigenvalue weighted by Gasteiger charge is -2.34. The van der Waals surface area contributed by atoms with Gasteiger partial charge in [0, 0.05) is 0 Å². The van der Waals surface area contributed by atoms with Crippen LogP contribution in [0.25, 0.3) is 55.6 Å². The Kier molecular flexibility index (Phi) is 18.3. The first-order valence-electron chi connectivity index (χ1n) is 28.5. The van der Waals surface area contributed by atoms with Gasteiger partial charge >= 0.3 is 0 Å². The summed E-state index contributed by atoms with van der Waals surface area (Å²) < 4.78 is 0. The van der Waals surface area contributed by atoms with Crippen LogP contribution in [-0.2, 0) is 5.41 Å². The Morgan fingerprint density at radius 1 is 0.278 bits per heavy atom. The lowest BCUT2D eigenvalue weighted by atomic mass is 9.67. The zero-order valence-electron chi connectivity index (χ0n) is 47.6. The molecule has 0 radical (unpaired) electrons. The number of hydrogen-bond acceptors (Lipinski definition) is 0. The van der Waals surface area contributed by atoms with Gasteiger partial charge in [-0.3, -0.25) is 0 Å². The summed E-state index contributed by atoms with van der Waals surface area (Å²) in [5, 5.41) is 0. The molecule has 2 unspecified atom stereocenters. The van der Waals surface area contributed by atoms with Crippen LogP contribution in [0.4, 0.5) is 0 Å². The van der Waals surface area contributed by atoms with Crippen LogP contribution in [0.5, 0.6) is 0 Å². The fourth-order valence-corrected chi connectivity index (χ4v) is 11.1. The van der Waals surface area contributed by atoms with Gasteiger partial charge in [-0.2, -0.15) is 0 Å². The molecule has 0 heteroatoms. The Morgan fingerprint density at radius 2 is 0.671 bits per heavy atom. The third-order valence-electron chi connectivity index (χ3n) is 16.0. The van der Waals surface area contributed by atoms with Gasteiger partial charge in [-0.25, -0.2) is 0 Å². The topological polar surface area (TPSA) is 0 Å². The predicted molar refractivity (Wildman–Crippen MR) is 341 cm³/mol. The van der Waals surface area contributed by atoms with E-state index in [1.807, 2.05) is 0 Å². The molecule has 0 bridgehead atoms. The second-order valence-electron chi connectivity index (χ2n) is 21.4. The fourth-order valence-electron chi connectivity index (χ4n) is 11.1. The molecule has 2 atom stereocenters. The Labute approximate surface area is 473 Å². The monoisotopic (exact) mass is 1020 g/mol. The van der Waals surface area contributed by atoms with Crippen LogP contribution in [0.2, 0.25) is 0 Å². The summed E-state index contributed by atoms with van der Waals surface area (Å²) in [7, 11) is 0. The molecule has 0 aliphatic heterocycles. The van der Waals surface area contributed by atoms with Crippen LogP contribution < -0.4 is 0 Å². The Balaban J connectivity index is 0.000000136. The van der Waals surface area contributed by atoms with Gasteiger partial charge in [-0.05, 0) is 159 Å². The molecule has 79 heavy (non-hydrogen) atoms. The van der Waals surface area contributed by atoms with Crippen molar-refractivity contribution in [1.29, 1.82) is 0 Å². The fraction of sp³-hybridized carbons (Fsp3) is 0.165. The predicted octanol–water partition coefficient (Wildman–Crippen LogP) is 22.0. The maximum atomic E-state index is 2.37. The van der Waals surface area contributed by atoms with Crippen molar-refractivity contribution in [2.75, 3.05) is 0 Å². The van der Waals surface area contributed by atoms with Crippen molar-refractivity contribution in [2.45, 2.75) is 85.5 Å². The van der Waals surface area contributed by atoms with Crippen LogP contribution in [-0.4, -0.2) is 0 Å². The van der Waals surface area contributed by atoms with Crippen LogP contribution in [0.3, 0.4) is 0 Å². The van der Waals surface area contributed by atoms with Gasteiger partial charge in [0.05, 0.1) is 5.41 Å². The molecule has 0 saturated heterocycles. The molecule has 11 aromatic rings. The van der Waals surface area contributed by atoms with Gasteiger partial charge in [0.1, 0.15) is 0 Å². The Morgan fingerprint density at radius 3 is 1.25 bits per heavy atom. The minimum absolute atomic E-state index is 0.263. The molecule has 0 saturated carbocycles. The third-order valence-corrected chi connectivity index (χ3v) is 16.0. The highest BCUT2D eigenvalue weighted by Gasteiger charge is 2.45. The normalized spacial score (nSPS) is 12.4. The molecule has 12 rings (SSSR count). The number of rotatable bonds is 10. The van der Waals surface area contributed by atoms with Gasteiger partial charge in [-0.1, -0.05) is 312 Å². The summed E-state index contributed by atoms with van der Waals surface area (Å²) in [5.74, 6) is 1.37. The molecular weight excluding hydrogens is 949 g/mol. The lowest BCUT2D eigenvalue weighted by Crippen LogP contribution is -2.28. The van der Waals surface area contributed by atoms with Crippen molar-refractivity contribution in [3.05, 3.63) is 335 Å². The van der Waals surface area contributed by atoms with Crippen molar-refractivity contribution < 1.29 is 0 Å². The first-order valence-corrected chi connectivity index (χ1v) is 28.5. The first kappa shape index (κ1) is 55.2. The van der Waals surface area contributed by atoms with Crippen LogP contribution >= 0.6 is 0 Å². The second-order valence-corrected chi connectivity index (χ2v) is 21.4. The van der Waals surface area contributed by atoms with E-state index in [-0.39, 0.29) is 5.41 Å². The highest BCUT2D eigenvalue weighted by Crippen LogP contribution is 2.56. The average Bonchev–Trinajstić information content (AvgIpc) is 3.62. The minimum atomic E-state index is -0.263. The van der Waals surface area contributed by atoms with Crippen molar-refractivity contribution >= 4 is 0 Å². The number of aryl methyl sites for hydroxylation is 4. The molecule has 0 heterocycles. The first-order chi connectivity index (χ1) is 38.6. The van der Waals surface area contributed by atoms with Gasteiger partial charge < -0.3 is 0 Å². The summed E-state index contributed by atoms with van der Waals surface area (Å²) in [6, 6.07) is 101. The molecule has 0 amide bonds. The van der Waals surface area contributed by atoms with E-state index in [2.05, 4.69) is 334 Å². The lowest BCUT2D eigenvalue weighted by molar-refractivity contribution is 0.733. The van der Waals surface area contributed by atoms with Crippen molar-refractivity contribution in [3.8, 4) is 55.6 Å². The van der Waals surface area contributed by atoms with Gasteiger partial charge in [0.2, 0.25) is 0 Å². The van der Waals surface area contributed by atoms with E-state index in [4.69, 9.17) is 0 Å². The molecule has 11 aromatic carbocycles. The quantitative estimate of drug-likeness (QED) is 0.128. The summed E-state index contributed by atoms with van der Waals surface area (Å²) in [4.78, 5) is 0. The molecule has 0 spiro atoms. The smallest absolute Gasteiger partial charge is 0.0648 e. The van der Waals surface area contributed by atoms with E-state index in [1.54, 1.807) is 0 Å². The molecule has 1 aliphatic carbocycles. The van der Waals surface area contributed by atoms with Gasteiger partial charge in [0.15, 0.2) is 0 Å². The summed E-state index contributed by atoms with van der Waals surface area (Å²) in [6.07, 6.45) is 2.43. The SMILES string of the molecule is CCC(C)c1ccc(-c2ccccc2)cc1.CCC(C)c1ccccc1.Cc1ccc(-c2cccc(-c3ccc(-c4ccccc4C)c(C)c3)c2)cc1.Cc1ccc2c(c1)C(c1ccccc1)(c1ccccc1)c1ccccc1-2. The minimum Gasteiger partial charge on any atom is -0.0648 e. The average molecular weight is 1030 g/mol. The zero-order valence-corrected chi connectivity index (χ0v) is 47.6. The van der Waals surface area contributed by atoms with E-state index in [0.717, 1.165) is 0 Å². The molecular formula is C79H76. The van der Waals surface area contributed by atoms with Gasteiger partial charge in [-0.15, -0.1) is 0 Å². The molecule has 0 nitrogen and oxygen atoms in total. The number of benzene rings is 11. The number of hydrogen-bond donors (Lipinski definition) is 0. The standard InChI is InChI=1S/C27H24.C26H20.C16H18.C10H14/c1-19-11-13-22(14-12-19)23-8-6-9-24(18-23)25-15-16-27(21(3)17-25)26-10-5-4-7-20(26)2;1-19-16-17-23-22-14-8-9-15-24(22)26(25(23)18-19,20-10-4-2-5-11-20)21-12-6-3-7-13-21;1-3-13(2)14-9-11-16(12-10-14)15-7-5-4-6-8-15;1-3-9(2)10-7-5-4-6-8-10/h4-18H,1-3H3;2-18H,1H3;4-13H,3H2,1-2H3;4-9H,3H2,1-2H3. The van der Waals surface area contributed by atoms with E-state index < -0.39 is 0 Å². The largest absolute Gasteiger partial charge is 0.0713 e.